The van der Waals surface area contributed by atoms with Crippen LogP contribution in [-0.4, -0.2) is 35.3 Å². The maximum absolute atomic E-state index is 8.70. The molecule has 5 heteroatoms. The van der Waals surface area contributed by atoms with Crippen molar-refractivity contribution in [1.82, 2.24) is 9.97 Å². The number of hydrogen-bond acceptors (Lipinski definition) is 5. The number of aromatic nitrogens is 2. The van der Waals surface area contributed by atoms with Gasteiger partial charge < -0.3 is 15.7 Å². The van der Waals surface area contributed by atoms with Gasteiger partial charge in [-0.05, 0) is 6.07 Å². The molecule has 0 aliphatic carbocycles. The van der Waals surface area contributed by atoms with E-state index in [2.05, 4.69) is 9.97 Å². The van der Waals surface area contributed by atoms with Crippen LogP contribution in [0.2, 0.25) is 0 Å². The van der Waals surface area contributed by atoms with Gasteiger partial charge in [-0.2, -0.15) is 0 Å². The van der Waals surface area contributed by atoms with Gasteiger partial charge in [-0.1, -0.05) is 0 Å². The fourth-order valence-electron chi connectivity index (χ4n) is 0.932. The first kappa shape index (κ1) is 9.88. The van der Waals surface area contributed by atoms with E-state index >= 15 is 0 Å². The van der Waals surface area contributed by atoms with E-state index in [0.717, 1.165) is 5.69 Å². The van der Waals surface area contributed by atoms with Gasteiger partial charge in [0.2, 0.25) is 5.95 Å². The quantitative estimate of drug-likeness (QED) is 0.648. The summed E-state index contributed by atoms with van der Waals surface area (Å²) in [5.41, 5.74) is 6.24. The number of aliphatic hydroxyl groups excluding tert-OH is 1. The Morgan fingerprint density at radius 3 is 3.00 bits per heavy atom. The van der Waals surface area contributed by atoms with Gasteiger partial charge in [-0.15, -0.1) is 0 Å². The van der Waals surface area contributed by atoms with E-state index in [1.807, 2.05) is 7.05 Å². The second kappa shape index (κ2) is 4.74. The molecular formula is C8H14N4O. The number of nitrogens with two attached hydrogens (primary N) is 1. The van der Waals surface area contributed by atoms with Crippen molar-refractivity contribution in [1.29, 1.82) is 0 Å². The van der Waals surface area contributed by atoms with Crippen LogP contribution in [0.1, 0.15) is 5.69 Å². The Kier molecular flexibility index (Phi) is 3.60. The summed E-state index contributed by atoms with van der Waals surface area (Å²) in [6.45, 7) is 1.02. The Hall–Kier alpha value is -1.20. The van der Waals surface area contributed by atoms with Crippen molar-refractivity contribution in [2.24, 2.45) is 5.73 Å². The highest BCUT2D eigenvalue weighted by Crippen LogP contribution is 2.03. The molecule has 0 aromatic carbocycles. The van der Waals surface area contributed by atoms with Gasteiger partial charge in [0.1, 0.15) is 0 Å². The SMILES string of the molecule is CN(CCO)c1nccc(CN)n1. The number of rotatable bonds is 4. The summed E-state index contributed by atoms with van der Waals surface area (Å²) < 4.78 is 0. The fraction of sp³-hybridized carbons (Fsp3) is 0.500. The molecule has 0 fully saturated rings. The first-order chi connectivity index (χ1) is 6.27. The van der Waals surface area contributed by atoms with E-state index in [4.69, 9.17) is 10.8 Å². The van der Waals surface area contributed by atoms with Gasteiger partial charge >= 0.3 is 0 Å². The number of aliphatic hydroxyl groups is 1. The third-order valence-corrected chi connectivity index (χ3v) is 1.69. The van der Waals surface area contributed by atoms with Crippen molar-refractivity contribution in [2.45, 2.75) is 6.54 Å². The summed E-state index contributed by atoms with van der Waals surface area (Å²) in [4.78, 5) is 10.0. The first-order valence-electron chi connectivity index (χ1n) is 4.12. The third-order valence-electron chi connectivity index (χ3n) is 1.69. The Morgan fingerprint density at radius 2 is 2.38 bits per heavy atom. The lowest BCUT2D eigenvalue weighted by atomic mass is 10.4. The van der Waals surface area contributed by atoms with Crippen molar-refractivity contribution in [3.8, 4) is 0 Å². The van der Waals surface area contributed by atoms with E-state index in [9.17, 15) is 0 Å². The van der Waals surface area contributed by atoms with Gasteiger partial charge in [0.25, 0.3) is 0 Å². The zero-order valence-corrected chi connectivity index (χ0v) is 7.64. The van der Waals surface area contributed by atoms with Crippen LogP contribution in [0.15, 0.2) is 12.3 Å². The van der Waals surface area contributed by atoms with Crippen LogP contribution < -0.4 is 10.6 Å². The molecule has 0 spiro atoms. The second-order valence-corrected chi connectivity index (χ2v) is 2.70. The molecule has 0 radical (unpaired) electrons. The van der Waals surface area contributed by atoms with E-state index in [1.54, 1.807) is 17.2 Å². The smallest absolute Gasteiger partial charge is 0.225 e. The van der Waals surface area contributed by atoms with Crippen LogP contribution in [0.25, 0.3) is 0 Å². The Balaban J connectivity index is 2.75. The van der Waals surface area contributed by atoms with Crippen LogP contribution in [0.4, 0.5) is 5.95 Å². The molecule has 0 atom stereocenters. The minimum Gasteiger partial charge on any atom is -0.395 e. The highest BCUT2D eigenvalue weighted by Gasteiger charge is 2.02. The summed E-state index contributed by atoms with van der Waals surface area (Å²) in [7, 11) is 1.83. The summed E-state index contributed by atoms with van der Waals surface area (Å²) in [5.74, 6) is 0.594. The lowest BCUT2D eigenvalue weighted by molar-refractivity contribution is 0.303. The third kappa shape index (κ3) is 2.64. The van der Waals surface area contributed by atoms with Gasteiger partial charge in [-0.3, -0.25) is 0 Å². The second-order valence-electron chi connectivity index (χ2n) is 2.70. The number of anilines is 1. The minimum absolute atomic E-state index is 0.0900. The zero-order chi connectivity index (χ0) is 9.68. The highest BCUT2D eigenvalue weighted by atomic mass is 16.3. The summed E-state index contributed by atoms with van der Waals surface area (Å²) in [5, 5.41) is 8.70. The van der Waals surface area contributed by atoms with Crippen LogP contribution in [0.3, 0.4) is 0 Å². The summed E-state index contributed by atoms with van der Waals surface area (Å²) in [6.07, 6.45) is 1.67. The van der Waals surface area contributed by atoms with Gasteiger partial charge in [0, 0.05) is 26.3 Å². The predicted octanol–water partition coefficient (Wildman–Crippen LogP) is -0.636. The van der Waals surface area contributed by atoms with E-state index < -0.39 is 0 Å². The normalized spacial score (nSPS) is 10.1. The maximum atomic E-state index is 8.70. The molecule has 1 aromatic heterocycles. The standard InChI is InChI=1S/C8H14N4O/c1-12(4-5-13)8-10-3-2-7(6-9)11-8/h2-3,13H,4-6,9H2,1H3. The van der Waals surface area contributed by atoms with Gasteiger partial charge in [-0.25, -0.2) is 9.97 Å². The number of nitrogens with zero attached hydrogens (tertiary/aromatic N) is 3. The number of likely N-dealkylation sites (N-methyl/N-ethyl adjacent to an activating group) is 1. The molecule has 13 heavy (non-hydrogen) atoms. The lowest BCUT2D eigenvalue weighted by Crippen LogP contribution is -2.23. The Bertz CT molecular complexity index is 266. The molecule has 1 heterocycles. The van der Waals surface area contributed by atoms with Crippen molar-refractivity contribution in [3.63, 3.8) is 0 Å². The average molecular weight is 182 g/mol. The monoisotopic (exact) mass is 182 g/mol. The molecule has 0 amide bonds. The Labute approximate surface area is 77.2 Å². The van der Waals surface area contributed by atoms with E-state index in [1.165, 1.54) is 0 Å². The molecule has 0 saturated heterocycles. The molecule has 0 aliphatic rings. The molecule has 1 rings (SSSR count). The van der Waals surface area contributed by atoms with Crippen molar-refractivity contribution < 1.29 is 5.11 Å². The lowest BCUT2D eigenvalue weighted by Gasteiger charge is -2.15. The van der Waals surface area contributed by atoms with Crippen molar-refractivity contribution in [3.05, 3.63) is 18.0 Å². The molecule has 1 aromatic rings. The molecule has 0 saturated carbocycles. The van der Waals surface area contributed by atoms with E-state index in [-0.39, 0.29) is 6.61 Å². The molecule has 0 unspecified atom stereocenters. The zero-order valence-electron chi connectivity index (χ0n) is 7.64. The summed E-state index contributed by atoms with van der Waals surface area (Å²) in [6, 6.07) is 1.77. The largest absolute Gasteiger partial charge is 0.395 e. The molecular weight excluding hydrogens is 168 g/mol. The van der Waals surface area contributed by atoms with Crippen LogP contribution >= 0.6 is 0 Å². The molecule has 3 N–H and O–H groups in total. The number of hydrogen-bond donors (Lipinski definition) is 2. The van der Waals surface area contributed by atoms with Gasteiger partial charge in [0.15, 0.2) is 0 Å². The first-order valence-corrected chi connectivity index (χ1v) is 4.12. The fourth-order valence-corrected chi connectivity index (χ4v) is 0.932. The predicted molar refractivity (Wildman–Crippen MR) is 50.3 cm³/mol. The van der Waals surface area contributed by atoms with Crippen LogP contribution in [0.5, 0.6) is 0 Å². The van der Waals surface area contributed by atoms with Crippen LogP contribution in [-0.2, 0) is 6.54 Å². The topological polar surface area (TPSA) is 75.3 Å². The molecule has 0 aliphatic heterocycles. The van der Waals surface area contributed by atoms with Crippen molar-refractivity contribution in [2.75, 3.05) is 25.1 Å². The molecule has 5 nitrogen and oxygen atoms in total. The Morgan fingerprint density at radius 1 is 1.62 bits per heavy atom. The maximum Gasteiger partial charge on any atom is 0.225 e. The van der Waals surface area contributed by atoms with Crippen molar-refractivity contribution >= 4 is 5.95 Å². The minimum atomic E-state index is 0.0900. The van der Waals surface area contributed by atoms with E-state index in [0.29, 0.717) is 19.0 Å². The molecule has 0 bridgehead atoms. The van der Waals surface area contributed by atoms with Crippen LogP contribution in [0, 0.1) is 0 Å². The van der Waals surface area contributed by atoms with Gasteiger partial charge in [0.05, 0.1) is 12.3 Å². The molecule has 72 valence electrons. The average Bonchev–Trinajstić information content (AvgIpc) is 2.18. The highest BCUT2D eigenvalue weighted by molar-refractivity contribution is 5.28. The summed E-state index contributed by atoms with van der Waals surface area (Å²) >= 11 is 0.